The molecule has 7 heteroatoms. The summed E-state index contributed by atoms with van der Waals surface area (Å²) in [5.41, 5.74) is 1.21. The molecule has 1 atom stereocenters. The van der Waals surface area contributed by atoms with Crippen molar-refractivity contribution in [2.24, 2.45) is 0 Å². The van der Waals surface area contributed by atoms with Crippen LogP contribution in [0.25, 0.3) is 0 Å². The third kappa shape index (κ3) is 3.42. The zero-order valence-electron chi connectivity index (χ0n) is 9.93. The predicted molar refractivity (Wildman–Crippen MR) is 80.8 cm³/mol. The summed E-state index contributed by atoms with van der Waals surface area (Å²) in [6.07, 6.45) is 0. The maximum Gasteiger partial charge on any atom is 0.271 e. The summed E-state index contributed by atoms with van der Waals surface area (Å²) in [7, 11) is -3.62. The van der Waals surface area contributed by atoms with Crippen LogP contribution in [0, 0.1) is 0 Å². The molecule has 2 aromatic rings. The number of thiophene rings is 1. The number of anilines is 1. The van der Waals surface area contributed by atoms with Gasteiger partial charge in [0.2, 0.25) is 0 Å². The van der Waals surface area contributed by atoms with Gasteiger partial charge < -0.3 is 0 Å². The second kappa shape index (κ2) is 5.71. The first-order valence-corrected chi connectivity index (χ1v) is 8.53. The molecule has 2 rings (SSSR count). The van der Waals surface area contributed by atoms with Gasteiger partial charge >= 0.3 is 0 Å². The molecule has 3 nitrogen and oxygen atoms in total. The van der Waals surface area contributed by atoms with E-state index in [1.807, 2.05) is 6.07 Å². The summed E-state index contributed by atoms with van der Waals surface area (Å²) in [6.45, 7) is 1.79. The molecule has 0 amide bonds. The Balaban J connectivity index is 2.36. The topological polar surface area (TPSA) is 46.2 Å². The maximum atomic E-state index is 12.2. The van der Waals surface area contributed by atoms with Crippen LogP contribution in [0.15, 0.2) is 40.6 Å². The van der Waals surface area contributed by atoms with Crippen LogP contribution < -0.4 is 4.72 Å². The zero-order chi connectivity index (χ0) is 14.0. The minimum absolute atomic E-state index is 0.175. The number of nitrogens with one attached hydrogen (secondary N) is 1. The third-order valence-corrected chi connectivity index (χ3v) is 5.77. The highest BCUT2D eigenvalue weighted by atomic mass is 35.5. The number of para-hydroxylation sites is 1. The highest BCUT2D eigenvalue weighted by molar-refractivity contribution is 7.94. The van der Waals surface area contributed by atoms with Crippen LogP contribution in [-0.4, -0.2) is 8.42 Å². The van der Waals surface area contributed by atoms with Crippen molar-refractivity contribution in [1.82, 2.24) is 0 Å². The Hall–Kier alpha value is -0.750. The van der Waals surface area contributed by atoms with E-state index in [4.69, 9.17) is 23.2 Å². The molecule has 0 aliphatic rings. The van der Waals surface area contributed by atoms with Gasteiger partial charge in [-0.2, -0.15) is 0 Å². The van der Waals surface area contributed by atoms with Crippen molar-refractivity contribution in [3.8, 4) is 0 Å². The van der Waals surface area contributed by atoms with Crippen molar-refractivity contribution in [1.29, 1.82) is 0 Å². The summed E-state index contributed by atoms with van der Waals surface area (Å²) in [6, 6.07) is 10.1. The van der Waals surface area contributed by atoms with E-state index in [0.717, 1.165) is 16.9 Å². The Morgan fingerprint density at radius 2 is 1.89 bits per heavy atom. The predicted octanol–water partition coefficient (Wildman–Crippen LogP) is 4.50. The number of alkyl halides is 1. The average Bonchev–Trinajstić information content (AvgIpc) is 2.76. The number of hydrogen-bond acceptors (Lipinski definition) is 3. The second-order valence-corrected chi connectivity index (χ2v) is 8.15. The van der Waals surface area contributed by atoms with Gasteiger partial charge in [0.15, 0.2) is 0 Å². The fourth-order valence-electron chi connectivity index (χ4n) is 1.57. The molecule has 1 aromatic heterocycles. The quantitative estimate of drug-likeness (QED) is 0.836. The van der Waals surface area contributed by atoms with Crippen LogP contribution in [0.2, 0.25) is 4.34 Å². The first-order chi connectivity index (χ1) is 8.90. The van der Waals surface area contributed by atoms with E-state index in [2.05, 4.69) is 4.72 Å². The summed E-state index contributed by atoms with van der Waals surface area (Å²) in [4.78, 5) is 0. The van der Waals surface area contributed by atoms with E-state index in [9.17, 15) is 8.42 Å². The SMILES string of the molecule is CC(Cl)c1ccccc1NS(=O)(=O)c1ccc(Cl)s1. The van der Waals surface area contributed by atoms with Gasteiger partial charge in [0.25, 0.3) is 10.0 Å². The third-order valence-electron chi connectivity index (χ3n) is 2.45. The highest BCUT2D eigenvalue weighted by Crippen LogP contribution is 2.31. The van der Waals surface area contributed by atoms with E-state index in [1.165, 1.54) is 6.07 Å². The Morgan fingerprint density at radius 3 is 2.47 bits per heavy atom. The largest absolute Gasteiger partial charge is 0.279 e. The van der Waals surface area contributed by atoms with Crippen molar-refractivity contribution >= 4 is 50.2 Å². The van der Waals surface area contributed by atoms with Crippen LogP contribution >= 0.6 is 34.5 Å². The minimum Gasteiger partial charge on any atom is -0.279 e. The van der Waals surface area contributed by atoms with Gasteiger partial charge in [-0.1, -0.05) is 29.8 Å². The van der Waals surface area contributed by atoms with Gasteiger partial charge in [-0.05, 0) is 30.7 Å². The fraction of sp³-hybridized carbons (Fsp3) is 0.167. The van der Waals surface area contributed by atoms with Crippen molar-refractivity contribution in [3.05, 3.63) is 46.3 Å². The smallest absolute Gasteiger partial charge is 0.271 e. The molecule has 0 fully saturated rings. The first-order valence-electron chi connectivity index (χ1n) is 5.41. The lowest BCUT2D eigenvalue weighted by atomic mass is 10.1. The molecule has 0 radical (unpaired) electrons. The van der Waals surface area contributed by atoms with E-state index in [1.54, 1.807) is 31.2 Å². The van der Waals surface area contributed by atoms with Crippen LogP contribution in [-0.2, 0) is 10.0 Å². The van der Waals surface area contributed by atoms with E-state index >= 15 is 0 Å². The summed E-state index contributed by atoms with van der Waals surface area (Å²) >= 11 is 12.8. The lowest BCUT2D eigenvalue weighted by molar-refractivity contribution is 0.603. The van der Waals surface area contributed by atoms with E-state index < -0.39 is 10.0 Å². The molecular weight excluding hydrogens is 325 g/mol. The number of benzene rings is 1. The van der Waals surface area contributed by atoms with Crippen molar-refractivity contribution < 1.29 is 8.42 Å². The second-order valence-electron chi connectivity index (χ2n) is 3.87. The number of hydrogen-bond donors (Lipinski definition) is 1. The van der Waals surface area contributed by atoms with Crippen LogP contribution in [0.5, 0.6) is 0 Å². The summed E-state index contributed by atoms with van der Waals surface area (Å²) < 4.78 is 27.5. The van der Waals surface area contributed by atoms with Crippen LogP contribution in [0.3, 0.4) is 0 Å². The fourth-order valence-corrected chi connectivity index (χ4v) is 4.33. The molecule has 0 aliphatic heterocycles. The van der Waals surface area contributed by atoms with Gasteiger partial charge in [-0.25, -0.2) is 8.42 Å². The standard InChI is InChI=1S/C12H11Cl2NO2S2/c1-8(13)9-4-2-3-5-10(9)15-19(16,17)12-7-6-11(14)18-12/h2-8,15H,1H3. The van der Waals surface area contributed by atoms with Gasteiger partial charge in [-0.15, -0.1) is 22.9 Å². The Labute approximate surface area is 126 Å². The molecule has 0 aliphatic carbocycles. The summed E-state index contributed by atoms with van der Waals surface area (Å²) in [5, 5.41) is -0.286. The Kier molecular flexibility index (Phi) is 4.40. The van der Waals surface area contributed by atoms with Crippen LogP contribution in [0.1, 0.15) is 17.9 Å². The lowest BCUT2D eigenvalue weighted by Crippen LogP contribution is -2.13. The number of halogens is 2. The monoisotopic (exact) mass is 335 g/mol. The molecule has 1 heterocycles. The zero-order valence-corrected chi connectivity index (χ0v) is 13.1. The van der Waals surface area contributed by atoms with Gasteiger partial charge in [-0.3, -0.25) is 4.72 Å². The molecule has 0 saturated carbocycles. The molecule has 0 bridgehead atoms. The highest BCUT2D eigenvalue weighted by Gasteiger charge is 2.19. The number of rotatable bonds is 4. The average molecular weight is 336 g/mol. The maximum absolute atomic E-state index is 12.2. The van der Waals surface area contributed by atoms with Gasteiger partial charge in [0.05, 0.1) is 15.4 Å². The first kappa shape index (κ1) is 14.7. The molecule has 0 saturated heterocycles. The molecule has 102 valence electrons. The van der Waals surface area contributed by atoms with E-state index in [-0.39, 0.29) is 9.59 Å². The molecule has 1 unspecified atom stereocenters. The van der Waals surface area contributed by atoms with Crippen molar-refractivity contribution in [3.63, 3.8) is 0 Å². The van der Waals surface area contributed by atoms with Crippen molar-refractivity contribution in [2.45, 2.75) is 16.5 Å². The minimum atomic E-state index is -3.62. The molecule has 1 aromatic carbocycles. The lowest BCUT2D eigenvalue weighted by Gasteiger charge is -2.12. The van der Waals surface area contributed by atoms with Gasteiger partial charge in [0.1, 0.15) is 4.21 Å². The number of sulfonamides is 1. The van der Waals surface area contributed by atoms with Gasteiger partial charge in [0, 0.05) is 0 Å². The molecular formula is C12H11Cl2NO2S2. The Morgan fingerprint density at radius 1 is 1.21 bits per heavy atom. The Bertz CT molecular complexity index is 681. The molecule has 1 N–H and O–H groups in total. The van der Waals surface area contributed by atoms with Crippen LogP contribution in [0.4, 0.5) is 5.69 Å². The van der Waals surface area contributed by atoms with Crippen molar-refractivity contribution in [2.75, 3.05) is 4.72 Å². The summed E-state index contributed by atoms with van der Waals surface area (Å²) in [5.74, 6) is 0. The normalized spacial score (nSPS) is 13.2. The molecule has 0 spiro atoms. The molecule has 19 heavy (non-hydrogen) atoms. The van der Waals surface area contributed by atoms with E-state index in [0.29, 0.717) is 10.0 Å².